The van der Waals surface area contributed by atoms with Crippen molar-refractivity contribution in [2.45, 2.75) is 6.92 Å². The molecule has 4 nitrogen and oxygen atoms in total. The first kappa shape index (κ1) is 14.3. The predicted molar refractivity (Wildman–Crippen MR) is 82.6 cm³/mol. The van der Waals surface area contributed by atoms with Crippen molar-refractivity contribution in [1.29, 1.82) is 0 Å². The van der Waals surface area contributed by atoms with Gasteiger partial charge in [0.05, 0.1) is 17.4 Å². The van der Waals surface area contributed by atoms with Crippen LogP contribution in [-0.4, -0.2) is 24.5 Å². The van der Waals surface area contributed by atoms with Crippen molar-refractivity contribution in [3.8, 4) is 0 Å². The first-order valence-corrected chi connectivity index (χ1v) is 6.72. The van der Waals surface area contributed by atoms with Crippen LogP contribution in [0.1, 0.15) is 17.3 Å². The second-order valence-electron chi connectivity index (χ2n) is 4.30. The number of aromatic nitrogens is 1. The molecular formula is C15H16ClN3O. The summed E-state index contributed by atoms with van der Waals surface area (Å²) in [4.78, 5) is 18.2. The van der Waals surface area contributed by atoms with E-state index >= 15 is 0 Å². The van der Waals surface area contributed by atoms with Crippen LogP contribution in [0.3, 0.4) is 0 Å². The number of nitrogens with one attached hydrogen (secondary N) is 1. The fraction of sp³-hybridized carbons (Fsp3) is 0.200. The molecule has 1 N–H and O–H groups in total. The average molecular weight is 290 g/mol. The lowest BCUT2D eigenvalue weighted by atomic mass is 10.1. The van der Waals surface area contributed by atoms with Crippen molar-refractivity contribution >= 4 is 28.9 Å². The first-order valence-electron chi connectivity index (χ1n) is 6.35. The van der Waals surface area contributed by atoms with E-state index in [-0.39, 0.29) is 5.91 Å². The Hall–Kier alpha value is -2.07. The summed E-state index contributed by atoms with van der Waals surface area (Å²) in [5.41, 5.74) is 2.06. The number of hydrogen-bond donors (Lipinski definition) is 1. The van der Waals surface area contributed by atoms with E-state index in [1.54, 1.807) is 42.5 Å². The normalized spacial score (nSPS) is 10.2. The number of hydrogen-bond acceptors (Lipinski definition) is 3. The zero-order chi connectivity index (χ0) is 14.5. The molecule has 0 spiro atoms. The molecule has 2 aromatic rings. The monoisotopic (exact) mass is 289 g/mol. The van der Waals surface area contributed by atoms with Crippen LogP contribution in [0.4, 0.5) is 11.4 Å². The minimum atomic E-state index is -0.128. The first-order chi connectivity index (χ1) is 9.63. The maximum absolute atomic E-state index is 12.6. The van der Waals surface area contributed by atoms with Crippen molar-refractivity contribution in [2.75, 3.05) is 23.8 Å². The summed E-state index contributed by atoms with van der Waals surface area (Å²) in [7, 11) is 1.72. The van der Waals surface area contributed by atoms with Gasteiger partial charge in [-0.05, 0) is 37.3 Å². The van der Waals surface area contributed by atoms with Gasteiger partial charge in [-0.1, -0.05) is 11.6 Å². The van der Waals surface area contributed by atoms with Crippen LogP contribution < -0.4 is 10.2 Å². The summed E-state index contributed by atoms with van der Waals surface area (Å²) in [6.45, 7) is 2.71. The predicted octanol–water partition coefficient (Wildman–Crippen LogP) is 3.44. The van der Waals surface area contributed by atoms with Gasteiger partial charge in [-0.2, -0.15) is 0 Å². The van der Waals surface area contributed by atoms with Gasteiger partial charge in [0.25, 0.3) is 5.91 Å². The fourth-order valence-corrected chi connectivity index (χ4v) is 2.06. The summed E-state index contributed by atoms with van der Waals surface area (Å²) in [6, 6.07) is 8.88. The molecule has 2 rings (SSSR count). The molecule has 20 heavy (non-hydrogen) atoms. The highest BCUT2D eigenvalue weighted by Gasteiger charge is 2.17. The SMILES string of the molecule is CCNc1ccc(Cl)cc1C(=O)N(C)c1cccnc1. The van der Waals surface area contributed by atoms with Crippen molar-refractivity contribution in [1.82, 2.24) is 4.98 Å². The van der Waals surface area contributed by atoms with E-state index < -0.39 is 0 Å². The van der Waals surface area contributed by atoms with Crippen LogP contribution in [-0.2, 0) is 0 Å². The zero-order valence-corrected chi connectivity index (χ0v) is 12.2. The third-order valence-electron chi connectivity index (χ3n) is 2.92. The van der Waals surface area contributed by atoms with Crippen molar-refractivity contribution in [2.24, 2.45) is 0 Å². The average Bonchev–Trinajstić information content (AvgIpc) is 2.48. The largest absolute Gasteiger partial charge is 0.385 e. The van der Waals surface area contributed by atoms with E-state index in [0.717, 1.165) is 17.9 Å². The number of amides is 1. The second kappa shape index (κ2) is 6.39. The molecule has 0 aliphatic heterocycles. The third-order valence-corrected chi connectivity index (χ3v) is 3.15. The molecule has 0 bridgehead atoms. The van der Waals surface area contributed by atoms with E-state index in [0.29, 0.717) is 10.6 Å². The molecule has 1 amide bonds. The van der Waals surface area contributed by atoms with Crippen LogP contribution in [0.25, 0.3) is 0 Å². The van der Waals surface area contributed by atoms with E-state index in [4.69, 9.17) is 11.6 Å². The van der Waals surface area contributed by atoms with Gasteiger partial charge in [-0.15, -0.1) is 0 Å². The molecule has 0 saturated heterocycles. The zero-order valence-electron chi connectivity index (χ0n) is 11.4. The minimum Gasteiger partial charge on any atom is -0.385 e. The van der Waals surface area contributed by atoms with Gasteiger partial charge < -0.3 is 10.2 Å². The molecule has 104 valence electrons. The number of halogens is 1. The molecule has 1 heterocycles. The van der Waals surface area contributed by atoms with E-state index in [2.05, 4.69) is 10.3 Å². The molecule has 0 unspecified atom stereocenters. The molecular weight excluding hydrogens is 274 g/mol. The third kappa shape index (κ3) is 3.08. The van der Waals surface area contributed by atoms with Gasteiger partial charge in [-0.3, -0.25) is 9.78 Å². The summed E-state index contributed by atoms with van der Waals surface area (Å²) in [6.07, 6.45) is 3.32. The van der Waals surface area contributed by atoms with Gasteiger partial charge >= 0.3 is 0 Å². The Labute approximate surface area is 123 Å². The molecule has 0 saturated carbocycles. The number of pyridine rings is 1. The van der Waals surface area contributed by atoms with Crippen molar-refractivity contribution < 1.29 is 4.79 Å². The Kier molecular flexibility index (Phi) is 4.58. The second-order valence-corrected chi connectivity index (χ2v) is 4.73. The topological polar surface area (TPSA) is 45.2 Å². The Morgan fingerprint density at radius 1 is 1.40 bits per heavy atom. The maximum Gasteiger partial charge on any atom is 0.260 e. The number of carbonyl (C=O) groups is 1. The Bertz CT molecular complexity index is 601. The standard InChI is InChI=1S/C15H16ClN3O/c1-3-18-14-7-6-11(16)9-13(14)15(20)19(2)12-5-4-8-17-10-12/h4-10,18H,3H2,1-2H3. The lowest BCUT2D eigenvalue weighted by Gasteiger charge is -2.19. The smallest absolute Gasteiger partial charge is 0.260 e. The summed E-state index contributed by atoms with van der Waals surface area (Å²) in [5.74, 6) is -0.128. The Morgan fingerprint density at radius 2 is 2.20 bits per heavy atom. The number of nitrogens with zero attached hydrogens (tertiary/aromatic N) is 2. The van der Waals surface area contributed by atoms with E-state index in [1.165, 1.54) is 0 Å². The van der Waals surface area contributed by atoms with Gasteiger partial charge in [0.1, 0.15) is 0 Å². The van der Waals surface area contributed by atoms with Crippen LogP contribution in [0.5, 0.6) is 0 Å². The molecule has 1 aromatic heterocycles. The number of rotatable bonds is 4. The summed E-state index contributed by atoms with van der Waals surface area (Å²) < 4.78 is 0. The van der Waals surface area contributed by atoms with Gasteiger partial charge in [-0.25, -0.2) is 0 Å². The lowest BCUT2D eigenvalue weighted by Crippen LogP contribution is -2.27. The Morgan fingerprint density at radius 3 is 2.85 bits per heavy atom. The van der Waals surface area contributed by atoms with E-state index in [9.17, 15) is 4.79 Å². The highest BCUT2D eigenvalue weighted by atomic mass is 35.5. The number of carbonyl (C=O) groups excluding carboxylic acids is 1. The molecule has 0 fully saturated rings. The van der Waals surface area contributed by atoms with Crippen LogP contribution in [0.2, 0.25) is 5.02 Å². The Balaban J connectivity index is 2.35. The number of anilines is 2. The fourth-order valence-electron chi connectivity index (χ4n) is 1.89. The van der Waals surface area contributed by atoms with Crippen molar-refractivity contribution in [3.63, 3.8) is 0 Å². The van der Waals surface area contributed by atoms with Crippen LogP contribution in [0, 0.1) is 0 Å². The van der Waals surface area contributed by atoms with Crippen LogP contribution >= 0.6 is 11.6 Å². The van der Waals surface area contributed by atoms with Gasteiger partial charge in [0.15, 0.2) is 0 Å². The number of benzene rings is 1. The highest BCUT2D eigenvalue weighted by Crippen LogP contribution is 2.23. The quantitative estimate of drug-likeness (QED) is 0.938. The van der Waals surface area contributed by atoms with Crippen LogP contribution in [0.15, 0.2) is 42.7 Å². The molecule has 5 heteroatoms. The summed E-state index contributed by atoms with van der Waals surface area (Å²) >= 11 is 6.00. The summed E-state index contributed by atoms with van der Waals surface area (Å²) in [5, 5.41) is 3.71. The molecule has 0 radical (unpaired) electrons. The van der Waals surface area contributed by atoms with Crippen molar-refractivity contribution in [3.05, 3.63) is 53.3 Å². The maximum atomic E-state index is 12.6. The highest BCUT2D eigenvalue weighted by molar-refractivity contribution is 6.31. The molecule has 1 aromatic carbocycles. The molecule has 0 aliphatic carbocycles. The van der Waals surface area contributed by atoms with Gasteiger partial charge in [0.2, 0.25) is 0 Å². The lowest BCUT2D eigenvalue weighted by molar-refractivity contribution is 0.0993. The molecule has 0 atom stereocenters. The van der Waals surface area contributed by atoms with E-state index in [1.807, 2.05) is 19.1 Å². The van der Waals surface area contributed by atoms with Gasteiger partial charge in [0, 0.05) is 30.5 Å². The minimum absolute atomic E-state index is 0.128. The molecule has 0 aliphatic rings.